The highest BCUT2D eigenvalue weighted by Gasteiger charge is 2.10. The monoisotopic (exact) mass is 218 g/mol. The lowest BCUT2D eigenvalue weighted by Gasteiger charge is -2.06. The molecule has 0 spiro atoms. The fourth-order valence-corrected chi connectivity index (χ4v) is 1.78. The van der Waals surface area contributed by atoms with Gasteiger partial charge in [0.05, 0.1) is 5.56 Å². The Kier molecular flexibility index (Phi) is 2.64. The summed E-state index contributed by atoms with van der Waals surface area (Å²) in [6.07, 6.45) is 0. The first-order valence-corrected chi connectivity index (χ1v) is 4.94. The number of benzene rings is 2. The Morgan fingerprint density at radius 2 is 1.80 bits per heavy atom. The maximum atomic E-state index is 11.4. The zero-order valence-electron chi connectivity index (χ0n) is 8.23. The van der Waals surface area contributed by atoms with E-state index in [4.69, 9.17) is 0 Å². The van der Waals surface area contributed by atoms with Crippen molar-refractivity contribution >= 4 is 29.7 Å². The van der Waals surface area contributed by atoms with Crippen LogP contribution in [0.4, 0.5) is 0 Å². The van der Waals surface area contributed by atoms with Gasteiger partial charge in [-0.2, -0.15) is 0 Å². The van der Waals surface area contributed by atoms with Crippen LogP contribution in [0.1, 0.15) is 15.9 Å². The van der Waals surface area contributed by atoms with Crippen LogP contribution in [-0.4, -0.2) is 5.97 Å². The van der Waals surface area contributed by atoms with Crippen molar-refractivity contribution in [3.05, 3.63) is 47.5 Å². The largest absolute Gasteiger partial charge is 0.391 e. The molecule has 0 saturated heterocycles. The van der Waals surface area contributed by atoms with Gasteiger partial charge in [-0.25, -0.2) is 4.79 Å². The SMILES string of the molecule is Cc1ccc(C(=O)OS)c2ccccc12. The van der Waals surface area contributed by atoms with Crippen molar-refractivity contribution in [1.29, 1.82) is 0 Å². The summed E-state index contributed by atoms with van der Waals surface area (Å²) < 4.78 is 4.44. The van der Waals surface area contributed by atoms with Gasteiger partial charge in [0, 0.05) is 12.9 Å². The topological polar surface area (TPSA) is 26.3 Å². The van der Waals surface area contributed by atoms with Crippen molar-refractivity contribution in [3.63, 3.8) is 0 Å². The van der Waals surface area contributed by atoms with Crippen LogP contribution in [0.5, 0.6) is 0 Å². The van der Waals surface area contributed by atoms with Gasteiger partial charge in [0.15, 0.2) is 0 Å². The number of hydrogen-bond acceptors (Lipinski definition) is 3. The lowest BCUT2D eigenvalue weighted by molar-refractivity contribution is 0.0774. The van der Waals surface area contributed by atoms with Gasteiger partial charge in [0.2, 0.25) is 0 Å². The van der Waals surface area contributed by atoms with E-state index in [1.807, 2.05) is 37.3 Å². The number of rotatable bonds is 1. The molecule has 0 heterocycles. The van der Waals surface area contributed by atoms with Gasteiger partial charge in [-0.05, 0) is 29.3 Å². The van der Waals surface area contributed by atoms with Crippen molar-refractivity contribution < 1.29 is 8.98 Å². The normalized spacial score (nSPS) is 10.3. The highest BCUT2D eigenvalue weighted by molar-refractivity contribution is 7.75. The van der Waals surface area contributed by atoms with E-state index in [0.29, 0.717) is 5.56 Å². The van der Waals surface area contributed by atoms with Crippen molar-refractivity contribution in [2.24, 2.45) is 0 Å². The van der Waals surface area contributed by atoms with Crippen LogP contribution in [-0.2, 0) is 4.18 Å². The minimum Gasteiger partial charge on any atom is -0.391 e. The molecule has 0 atom stereocenters. The van der Waals surface area contributed by atoms with E-state index >= 15 is 0 Å². The molecule has 76 valence electrons. The number of hydrogen-bond donors (Lipinski definition) is 1. The fraction of sp³-hybridized carbons (Fsp3) is 0.0833. The molecule has 2 aromatic carbocycles. The standard InChI is InChI=1S/C12H10O2S/c1-8-6-7-11(12(13)14-15)10-5-3-2-4-9(8)10/h2-7,15H,1H3. The number of fused-ring (bicyclic) bond motifs is 1. The average molecular weight is 218 g/mol. The highest BCUT2D eigenvalue weighted by atomic mass is 32.1. The molecule has 0 aromatic heterocycles. The Morgan fingerprint density at radius 1 is 1.13 bits per heavy atom. The summed E-state index contributed by atoms with van der Waals surface area (Å²) in [5.41, 5.74) is 1.69. The Bertz CT molecular complexity index is 520. The van der Waals surface area contributed by atoms with Crippen LogP contribution in [0.15, 0.2) is 36.4 Å². The molecule has 0 aliphatic carbocycles. The van der Waals surface area contributed by atoms with Crippen LogP contribution >= 0.6 is 12.9 Å². The molecule has 15 heavy (non-hydrogen) atoms. The molecular weight excluding hydrogens is 208 g/mol. The highest BCUT2D eigenvalue weighted by Crippen LogP contribution is 2.23. The molecule has 0 radical (unpaired) electrons. The first-order chi connectivity index (χ1) is 7.24. The first-order valence-electron chi connectivity index (χ1n) is 4.58. The van der Waals surface area contributed by atoms with Crippen molar-refractivity contribution in [3.8, 4) is 0 Å². The first kappa shape index (κ1) is 10.1. The van der Waals surface area contributed by atoms with Crippen LogP contribution in [0.3, 0.4) is 0 Å². The number of aryl methyl sites for hydroxylation is 1. The maximum absolute atomic E-state index is 11.4. The molecule has 0 unspecified atom stereocenters. The van der Waals surface area contributed by atoms with E-state index in [9.17, 15) is 4.79 Å². The number of carbonyl (C=O) groups excluding carboxylic acids is 1. The summed E-state index contributed by atoms with van der Waals surface area (Å²) >= 11 is 3.53. The van der Waals surface area contributed by atoms with Gasteiger partial charge in [-0.15, -0.1) is 0 Å². The molecule has 0 aliphatic heterocycles. The Hall–Kier alpha value is -1.48. The van der Waals surface area contributed by atoms with E-state index in [1.165, 1.54) is 0 Å². The number of carbonyl (C=O) groups is 1. The van der Waals surface area contributed by atoms with E-state index < -0.39 is 5.97 Å². The third kappa shape index (κ3) is 1.70. The third-order valence-corrected chi connectivity index (χ3v) is 2.61. The molecule has 0 saturated carbocycles. The van der Waals surface area contributed by atoms with Crippen LogP contribution in [0.25, 0.3) is 10.8 Å². The smallest absolute Gasteiger partial charge is 0.350 e. The predicted octanol–water partition coefficient (Wildman–Crippen LogP) is 3.15. The summed E-state index contributed by atoms with van der Waals surface area (Å²) in [6, 6.07) is 11.4. The van der Waals surface area contributed by atoms with E-state index in [0.717, 1.165) is 16.3 Å². The molecule has 0 aliphatic rings. The van der Waals surface area contributed by atoms with Crippen molar-refractivity contribution in [2.75, 3.05) is 0 Å². The molecule has 0 N–H and O–H groups in total. The van der Waals surface area contributed by atoms with E-state index in [1.54, 1.807) is 6.07 Å². The molecule has 2 rings (SSSR count). The van der Waals surface area contributed by atoms with Crippen LogP contribution in [0.2, 0.25) is 0 Å². The molecule has 0 bridgehead atoms. The summed E-state index contributed by atoms with van der Waals surface area (Å²) in [5, 5.41) is 1.96. The molecular formula is C12H10O2S. The van der Waals surface area contributed by atoms with Gasteiger partial charge >= 0.3 is 5.97 Å². The van der Waals surface area contributed by atoms with Gasteiger partial charge in [0.25, 0.3) is 0 Å². The van der Waals surface area contributed by atoms with Crippen LogP contribution in [0, 0.1) is 6.92 Å². The Morgan fingerprint density at radius 3 is 2.47 bits per heavy atom. The zero-order valence-corrected chi connectivity index (χ0v) is 9.12. The minimum absolute atomic E-state index is 0.422. The maximum Gasteiger partial charge on any atom is 0.350 e. The summed E-state index contributed by atoms with van der Waals surface area (Å²) in [6.45, 7) is 2.01. The van der Waals surface area contributed by atoms with E-state index in [2.05, 4.69) is 17.1 Å². The van der Waals surface area contributed by atoms with Crippen molar-refractivity contribution in [2.45, 2.75) is 6.92 Å². The summed E-state index contributed by atoms with van der Waals surface area (Å²) in [7, 11) is 0. The molecule has 2 nitrogen and oxygen atoms in total. The minimum atomic E-state index is -0.422. The quantitative estimate of drug-likeness (QED) is 0.588. The average Bonchev–Trinajstić information content (AvgIpc) is 2.29. The molecule has 2 aromatic rings. The second kappa shape index (κ2) is 3.95. The third-order valence-electron chi connectivity index (χ3n) is 2.44. The van der Waals surface area contributed by atoms with Gasteiger partial charge < -0.3 is 4.18 Å². The van der Waals surface area contributed by atoms with E-state index in [-0.39, 0.29) is 0 Å². The predicted molar refractivity (Wildman–Crippen MR) is 63.1 cm³/mol. The number of thiol groups is 1. The molecule has 0 amide bonds. The lowest BCUT2D eigenvalue weighted by atomic mass is 10.0. The second-order valence-corrected chi connectivity index (χ2v) is 3.54. The van der Waals surface area contributed by atoms with Gasteiger partial charge in [0.1, 0.15) is 0 Å². The zero-order chi connectivity index (χ0) is 10.8. The van der Waals surface area contributed by atoms with Crippen molar-refractivity contribution in [1.82, 2.24) is 0 Å². The fourth-order valence-electron chi connectivity index (χ4n) is 1.68. The second-order valence-electron chi connectivity index (χ2n) is 3.35. The van der Waals surface area contributed by atoms with Gasteiger partial charge in [-0.1, -0.05) is 30.3 Å². The molecule has 0 fully saturated rings. The van der Waals surface area contributed by atoms with Crippen LogP contribution < -0.4 is 0 Å². The summed E-state index contributed by atoms with van der Waals surface area (Å²) in [5.74, 6) is -0.422. The summed E-state index contributed by atoms with van der Waals surface area (Å²) in [4.78, 5) is 11.4. The Balaban J connectivity index is 2.77. The Labute approximate surface area is 93.5 Å². The van der Waals surface area contributed by atoms with Gasteiger partial charge in [-0.3, -0.25) is 0 Å². The molecule has 3 heteroatoms. The lowest BCUT2D eigenvalue weighted by Crippen LogP contribution is -1.99.